The van der Waals surface area contributed by atoms with Gasteiger partial charge in [-0.25, -0.2) is 8.78 Å². The second kappa shape index (κ2) is 6.43. The van der Waals surface area contributed by atoms with Crippen molar-refractivity contribution in [3.05, 3.63) is 59.4 Å². The Morgan fingerprint density at radius 2 is 1.80 bits per heavy atom. The molecule has 0 fully saturated rings. The van der Waals surface area contributed by atoms with Gasteiger partial charge < -0.3 is 10.1 Å². The first kappa shape index (κ1) is 14.4. The maximum Gasteiger partial charge on any atom is 0.137 e. The second-order valence-corrected chi connectivity index (χ2v) is 4.31. The number of benzene rings is 1. The highest BCUT2D eigenvalue weighted by Gasteiger charge is 2.15. The van der Waals surface area contributed by atoms with Crippen LogP contribution in [0, 0.1) is 11.6 Å². The number of halogens is 2. The van der Waals surface area contributed by atoms with Crippen LogP contribution in [0.25, 0.3) is 0 Å². The molecule has 1 heterocycles. The van der Waals surface area contributed by atoms with Crippen LogP contribution in [-0.4, -0.2) is 18.6 Å². The van der Waals surface area contributed by atoms with E-state index in [2.05, 4.69) is 10.3 Å². The fourth-order valence-corrected chi connectivity index (χ4v) is 2.11. The van der Waals surface area contributed by atoms with E-state index in [1.165, 1.54) is 12.1 Å². The average Bonchev–Trinajstić information content (AvgIpc) is 2.39. The third-order valence-electron chi connectivity index (χ3n) is 2.89. The quantitative estimate of drug-likeness (QED) is 0.912. The summed E-state index contributed by atoms with van der Waals surface area (Å²) in [7, 11) is 1.72. The molecule has 2 rings (SSSR count). The zero-order valence-electron chi connectivity index (χ0n) is 11.4. The average molecular weight is 278 g/mol. The summed E-state index contributed by atoms with van der Waals surface area (Å²) in [4.78, 5) is 4.09. The highest BCUT2D eigenvalue weighted by Crippen LogP contribution is 2.25. The van der Waals surface area contributed by atoms with E-state index in [9.17, 15) is 8.78 Å². The van der Waals surface area contributed by atoms with Gasteiger partial charge in [0.15, 0.2) is 0 Å². The van der Waals surface area contributed by atoms with Crippen molar-refractivity contribution >= 4 is 0 Å². The number of rotatable bonds is 5. The Morgan fingerprint density at radius 1 is 1.10 bits per heavy atom. The molecule has 0 spiro atoms. The SMILES string of the molecule is CCOc1cncc(C(NC)c2cc(F)cc(F)c2)c1. The van der Waals surface area contributed by atoms with E-state index in [1.54, 1.807) is 25.5 Å². The Labute approximate surface area is 116 Å². The van der Waals surface area contributed by atoms with Crippen molar-refractivity contribution in [2.75, 3.05) is 13.7 Å². The number of pyridine rings is 1. The summed E-state index contributed by atoms with van der Waals surface area (Å²) in [5, 5.41) is 3.03. The second-order valence-electron chi connectivity index (χ2n) is 4.31. The molecule has 0 amide bonds. The fraction of sp³-hybridized carbons (Fsp3) is 0.267. The minimum Gasteiger partial charge on any atom is -0.492 e. The molecule has 0 saturated heterocycles. The van der Waals surface area contributed by atoms with Gasteiger partial charge in [-0.1, -0.05) is 0 Å². The minimum atomic E-state index is -0.603. The Hall–Kier alpha value is -2.01. The van der Waals surface area contributed by atoms with Gasteiger partial charge in [0.25, 0.3) is 0 Å². The first-order valence-corrected chi connectivity index (χ1v) is 6.35. The topological polar surface area (TPSA) is 34.1 Å². The van der Waals surface area contributed by atoms with Gasteiger partial charge >= 0.3 is 0 Å². The van der Waals surface area contributed by atoms with Crippen molar-refractivity contribution in [1.29, 1.82) is 0 Å². The Kier molecular flexibility index (Phi) is 4.63. The van der Waals surface area contributed by atoms with Gasteiger partial charge in [0.2, 0.25) is 0 Å². The molecular weight excluding hydrogens is 262 g/mol. The molecule has 0 aliphatic carbocycles. The molecule has 106 valence electrons. The van der Waals surface area contributed by atoms with Gasteiger partial charge in [-0.2, -0.15) is 0 Å². The molecule has 1 aromatic carbocycles. The maximum atomic E-state index is 13.3. The van der Waals surface area contributed by atoms with E-state index in [0.29, 0.717) is 17.9 Å². The van der Waals surface area contributed by atoms with Crippen LogP contribution in [0.5, 0.6) is 5.75 Å². The fourth-order valence-electron chi connectivity index (χ4n) is 2.11. The first-order valence-electron chi connectivity index (χ1n) is 6.35. The number of hydrogen-bond donors (Lipinski definition) is 1. The third kappa shape index (κ3) is 3.30. The van der Waals surface area contributed by atoms with Crippen molar-refractivity contribution in [2.24, 2.45) is 0 Å². The molecule has 20 heavy (non-hydrogen) atoms. The lowest BCUT2D eigenvalue weighted by atomic mass is 10.00. The van der Waals surface area contributed by atoms with Crippen LogP contribution in [0.4, 0.5) is 8.78 Å². The molecular formula is C15H16F2N2O. The van der Waals surface area contributed by atoms with E-state index >= 15 is 0 Å². The molecule has 1 unspecified atom stereocenters. The third-order valence-corrected chi connectivity index (χ3v) is 2.89. The summed E-state index contributed by atoms with van der Waals surface area (Å²) >= 11 is 0. The predicted molar refractivity (Wildman–Crippen MR) is 72.7 cm³/mol. The number of aromatic nitrogens is 1. The lowest BCUT2D eigenvalue weighted by Gasteiger charge is -2.18. The zero-order valence-corrected chi connectivity index (χ0v) is 11.4. The van der Waals surface area contributed by atoms with Crippen molar-refractivity contribution < 1.29 is 13.5 Å². The Balaban J connectivity index is 2.38. The smallest absolute Gasteiger partial charge is 0.137 e. The number of hydrogen-bond acceptors (Lipinski definition) is 3. The standard InChI is InChI=1S/C15H16F2N2O/c1-3-20-14-6-11(8-19-9-14)15(18-2)10-4-12(16)7-13(17)5-10/h4-9,15,18H,3H2,1-2H3. The van der Waals surface area contributed by atoms with Crippen molar-refractivity contribution in [1.82, 2.24) is 10.3 Å². The first-order chi connectivity index (χ1) is 9.63. The number of nitrogens with zero attached hydrogens (tertiary/aromatic N) is 1. The molecule has 1 atom stereocenters. The summed E-state index contributed by atoms with van der Waals surface area (Å²) in [5.74, 6) is -0.578. The van der Waals surface area contributed by atoms with Crippen LogP contribution in [0.2, 0.25) is 0 Å². The van der Waals surface area contributed by atoms with E-state index < -0.39 is 11.6 Å². The number of nitrogens with one attached hydrogen (secondary N) is 1. The van der Waals surface area contributed by atoms with Crippen LogP contribution in [0.1, 0.15) is 24.1 Å². The largest absolute Gasteiger partial charge is 0.492 e. The zero-order chi connectivity index (χ0) is 14.5. The predicted octanol–water partition coefficient (Wildman–Crippen LogP) is 3.07. The molecule has 1 N–H and O–H groups in total. The minimum absolute atomic E-state index is 0.354. The van der Waals surface area contributed by atoms with Gasteiger partial charge in [-0.05, 0) is 43.3 Å². The summed E-state index contributed by atoms with van der Waals surface area (Å²) < 4.78 is 32.1. The molecule has 1 aromatic heterocycles. The summed E-state index contributed by atoms with van der Waals surface area (Å²) in [6.45, 7) is 2.41. The summed E-state index contributed by atoms with van der Waals surface area (Å²) in [5.41, 5.74) is 1.28. The molecule has 0 radical (unpaired) electrons. The maximum absolute atomic E-state index is 13.3. The molecule has 2 aromatic rings. The van der Waals surface area contributed by atoms with Gasteiger partial charge in [0, 0.05) is 12.3 Å². The van der Waals surface area contributed by atoms with Crippen molar-refractivity contribution in [2.45, 2.75) is 13.0 Å². The Bertz CT molecular complexity index is 570. The highest BCUT2D eigenvalue weighted by molar-refractivity contribution is 5.34. The van der Waals surface area contributed by atoms with Gasteiger partial charge in [-0.3, -0.25) is 4.98 Å². The lowest BCUT2D eigenvalue weighted by Crippen LogP contribution is -2.18. The summed E-state index contributed by atoms with van der Waals surface area (Å²) in [6.07, 6.45) is 3.25. The van der Waals surface area contributed by atoms with Gasteiger partial charge in [0.1, 0.15) is 17.4 Å². The van der Waals surface area contributed by atoms with Crippen LogP contribution in [-0.2, 0) is 0 Å². The van der Waals surface area contributed by atoms with Crippen LogP contribution in [0.15, 0.2) is 36.7 Å². The number of ether oxygens (including phenoxy) is 1. The molecule has 5 heteroatoms. The normalized spacial score (nSPS) is 12.2. The van der Waals surface area contributed by atoms with Gasteiger partial charge in [0.05, 0.1) is 18.8 Å². The van der Waals surface area contributed by atoms with Crippen LogP contribution < -0.4 is 10.1 Å². The lowest BCUT2D eigenvalue weighted by molar-refractivity contribution is 0.338. The van der Waals surface area contributed by atoms with E-state index in [-0.39, 0.29) is 6.04 Å². The molecule has 3 nitrogen and oxygen atoms in total. The highest BCUT2D eigenvalue weighted by atomic mass is 19.1. The monoisotopic (exact) mass is 278 g/mol. The van der Waals surface area contributed by atoms with Gasteiger partial charge in [-0.15, -0.1) is 0 Å². The van der Waals surface area contributed by atoms with Crippen LogP contribution in [0.3, 0.4) is 0 Å². The molecule has 0 saturated carbocycles. The van der Waals surface area contributed by atoms with E-state index in [1.807, 2.05) is 6.92 Å². The molecule has 0 aliphatic rings. The Morgan fingerprint density at radius 3 is 2.40 bits per heavy atom. The molecule has 0 bridgehead atoms. The van der Waals surface area contributed by atoms with Crippen molar-refractivity contribution in [3.8, 4) is 5.75 Å². The van der Waals surface area contributed by atoms with Crippen LogP contribution >= 0.6 is 0 Å². The van der Waals surface area contributed by atoms with Crippen molar-refractivity contribution in [3.63, 3.8) is 0 Å². The van der Waals surface area contributed by atoms with E-state index in [0.717, 1.165) is 11.6 Å². The summed E-state index contributed by atoms with van der Waals surface area (Å²) in [6, 6.07) is 4.91. The molecule has 0 aliphatic heterocycles. The van der Waals surface area contributed by atoms with E-state index in [4.69, 9.17) is 4.74 Å².